The monoisotopic (exact) mass is 625 g/mol. The number of rotatable bonds is 14. The predicted octanol–water partition coefficient (Wildman–Crippen LogP) is 2.33. The van der Waals surface area contributed by atoms with E-state index in [9.17, 15) is 24.3 Å². The summed E-state index contributed by atoms with van der Waals surface area (Å²) in [7, 11) is 0. The molecule has 0 aliphatic carbocycles. The van der Waals surface area contributed by atoms with Crippen molar-refractivity contribution in [1.29, 1.82) is 0 Å². The van der Waals surface area contributed by atoms with Crippen LogP contribution in [0.4, 0.5) is 0 Å². The zero-order valence-corrected chi connectivity index (χ0v) is 25.7. The first kappa shape index (κ1) is 32.3. The summed E-state index contributed by atoms with van der Waals surface area (Å²) in [5.74, 6) is -3.08. The highest BCUT2D eigenvalue weighted by Gasteiger charge is 2.77. The standard InChI is InChI=1S/C29H44BrN3O7/c1-7-9-12-20(35)31-17-18(3)39-27(38)21-22-25(36)32(14-10-11-15-34)24(29(22)16-19(30)23(21)40-29)26(37)33(13-8-2)28(4,5)6/h7-8,18-19,21-24,34H,1-2,9-17H2,3-6H3,(H,31,35)/t18-,19?,21-,22+,23-,24-,29+/m0/s1. The van der Waals surface area contributed by atoms with E-state index < -0.39 is 47.2 Å². The van der Waals surface area contributed by atoms with Crippen molar-refractivity contribution >= 4 is 39.6 Å². The van der Waals surface area contributed by atoms with Gasteiger partial charge in [0.25, 0.3) is 0 Å². The summed E-state index contributed by atoms with van der Waals surface area (Å²) in [6.45, 7) is 15.5. The van der Waals surface area contributed by atoms with Crippen molar-refractivity contribution in [1.82, 2.24) is 15.1 Å². The van der Waals surface area contributed by atoms with Gasteiger partial charge in [0.1, 0.15) is 17.7 Å². The number of aliphatic hydroxyl groups is 1. The molecule has 2 bridgehead atoms. The molecular formula is C29H44BrN3O7. The molecule has 10 nitrogen and oxygen atoms in total. The molecule has 0 aromatic heterocycles. The summed E-state index contributed by atoms with van der Waals surface area (Å²) < 4.78 is 12.2. The average molecular weight is 627 g/mol. The Labute approximate surface area is 245 Å². The van der Waals surface area contributed by atoms with Crippen molar-refractivity contribution < 1.29 is 33.8 Å². The second kappa shape index (κ2) is 13.2. The molecule has 3 fully saturated rings. The number of carbonyl (C=O) groups is 4. The van der Waals surface area contributed by atoms with Gasteiger partial charge in [-0.2, -0.15) is 0 Å². The molecule has 0 aromatic rings. The van der Waals surface area contributed by atoms with Gasteiger partial charge in [0.15, 0.2) is 0 Å². The lowest BCUT2D eigenvalue weighted by Crippen LogP contribution is -2.60. The van der Waals surface area contributed by atoms with Gasteiger partial charge in [-0.25, -0.2) is 0 Å². The van der Waals surface area contributed by atoms with E-state index >= 15 is 0 Å². The first-order valence-electron chi connectivity index (χ1n) is 14.1. The van der Waals surface area contributed by atoms with E-state index in [2.05, 4.69) is 34.4 Å². The second-order valence-electron chi connectivity index (χ2n) is 11.9. The molecular weight excluding hydrogens is 582 g/mol. The van der Waals surface area contributed by atoms with E-state index in [1.165, 1.54) is 0 Å². The molecule has 3 aliphatic heterocycles. The molecule has 3 amide bonds. The number of hydrogen-bond donors (Lipinski definition) is 2. The summed E-state index contributed by atoms with van der Waals surface area (Å²) in [4.78, 5) is 56.8. The number of carbonyl (C=O) groups excluding carboxylic acids is 4. The molecule has 3 aliphatic rings. The van der Waals surface area contributed by atoms with Gasteiger partial charge in [0, 0.05) is 36.5 Å². The molecule has 11 heteroatoms. The van der Waals surface area contributed by atoms with Crippen LogP contribution in [0.1, 0.15) is 59.8 Å². The van der Waals surface area contributed by atoms with Crippen molar-refractivity contribution in [3.8, 4) is 0 Å². The van der Waals surface area contributed by atoms with Crippen LogP contribution in [-0.4, -0.2) is 99.1 Å². The van der Waals surface area contributed by atoms with Crippen LogP contribution in [0.5, 0.6) is 0 Å². The summed E-state index contributed by atoms with van der Waals surface area (Å²) in [6, 6.07) is -0.924. The molecule has 224 valence electrons. The van der Waals surface area contributed by atoms with Gasteiger partial charge in [0.05, 0.1) is 24.5 Å². The fourth-order valence-corrected chi connectivity index (χ4v) is 7.12. The number of unbranched alkanes of at least 4 members (excludes halogenated alkanes) is 1. The third kappa shape index (κ3) is 6.31. The zero-order chi connectivity index (χ0) is 29.8. The zero-order valence-electron chi connectivity index (χ0n) is 24.1. The highest BCUT2D eigenvalue weighted by atomic mass is 79.9. The predicted molar refractivity (Wildman–Crippen MR) is 153 cm³/mol. The van der Waals surface area contributed by atoms with Gasteiger partial charge < -0.3 is 29.7 Å². The summed E-state index contributed by atoms with van der Waals surface area (Å²) in [5.41, 5.74) is -1.74. The lowest BCUT2D eigenvalue weighted by molar-refractivity contribution is -0.159. The lowest BCUT2D eigenvalue weighted by Gasteiger charge is -2.42. The summed E-state index contributed by atoms with van der Waals surface area (Å²) >= 11 is 3.66. The molecule has 3 saturated heterocycles. The maximum Gasteiger partial charge on any atom is 0.312 e. The smallest absolute Gasteiger partial charge is 0.312 e. The van der Waals surface area contributed by atoms with Crippen LogP contribution in [-0.2, 0) is 28.7 Å². The van der Waals surface area contributed by atoms with E-state index in [-0.39, 0.29) is 42.2 Å². The fraction of sp³-hybridized carbons (Fsp3) is 0.724. The maximum absolute atomic E-state index is 14.3. The third-order valence-electron chi connectivity index (χ3n) is 7.97. The number of nitrogens with one attached hydrogen (secondary N) is 1. The van der Waals surface area contributed by atoms with E-state index in [0.717, 1.165) is 0 Å². The number of likely N-dealkylation sites (tertiary alicyclic amines) is 1. The van der Waals surface area contributed by atoms with Crippen LogP contribution in [0.2, 0.25) is 0 Å². The number of fused-ring (bicyclic) bond motifs is 1. The van der Waals surface area contributed by atoms with Crippen LogP contribution < -0.4 is 5.32 Å². The molecule has 3 heterocycles. The van der Waals surface area contributed by atoms with Crippen LogP contribution in [0.15, 0.2) is 25.3 Å². The Hall–Kier alpha value is -2.24. The van der Waals surface area contributed by atoms with Crippen LogP contribution in [0.3, 0.4) is 0 Å². The first-order chi connectivity index (χ1) is 18.8. The lowest BCUT2D eigenvalue weighted by atomic mass is 9.70. The van der Waals surface area contributed by atoms with Crippen molar-refractivity contribution in [2.45, 2.75) is 94.0 Å². The number of nitrogens with zero attached hydrogens (tertiary/aromatic N) is 2. The SMILES string of the molecule is C=CCCC(=O)NC[C@H](C)OC(=O)[C@@H]1[C@H]2O[C@@]3(CC2Br)[C@H](C(=O)N(CC=C)C(C)(C)C)N(CCCCO)C(=O)[C@@H]13. The Kier molecular flexibility index (Phi) is 10.6. The van der Waals surface area contributed by atoms with E-state index in [1.807, 2.05) is 20.8 Å². The largest absolute Gasteiger partial charge is 0.460 e. The average Bonchev–Trinajstić information content (AvgIpc) is 3.47. The van der Waals surface area contributed by atoms with E-state index in [0.29, 0.717) is 38.6 Å². The van der Waals surface area contributed by atoms with E-state index in [4.69, 9.17) is 9.47 Å². The van der Waals surface area contributed by atoms with Crippen LogP contribution >= 0.6 is 15.9 Å². The Balaban J connectivity index is 1.89. The molecule has 0 saturated carbocycles. The quantitative estimate of drug-likeness (QED) is 0.131. The molecule has 3 rings (SSSR count). The van der Waals surface area contributed by atoms with Gasteiger partial charge in [0.2, 0.25) is 17.7 Å². The number of amides is 3. The van der Waals surface area contributed by atoms with Crippen LogP contribution in [0, 0.1) is 11.8 Å². The second-order valence-corrected chi connectivity index (χ2v) is 13.1. The minimum Gasteiger partial charge on any atom is -0.460 e. The normalized spacial score (nSPS) is 29.6. The number of ether oxygens (including phenoxy) is 2. The highest BCUT2D eigenvalue weighted by molar-refractivity contribution is 9.09. The minimum absolute atomic E-state index is 0.0290. The van der Waals surface area contributed by atoms with Gasteiger partial charge in [-0.1, -0.05) is 28.1 Å². The summed E-state index contributed by atoms with van der Waals surface area (Å²) in [6.07, 6.45) is 4.28. The number of hydrogen-bond acceptors (Lipinski definition) is 7. The van der Waals surface area contributed by atoms with Crippen molar-refractivity contribution in [2.75, 3.05) is 26.2 Å². The highest BCUT2D eigenvalue weighted by Crippen LogP contribution is 2.60. The first-order valence-corrected chi connectivity index (χ1v) is 15.0. The third-order valence-corrected chi connectivity index (χ3v) is 8.81. The maximum atomic E-state index is 14.3. The molecule has 7 atom stereocenters. The van der Waals surface area contributed by atoms with Crippen molar-refractivity contribution in [3.05, 3.63) is 25.3 Å². The Morgan fingerprint density at radius 2 is 2.00 bits per heavy atom. The van der Waals surface area contributed by atoms with Gasteiger partial charge in [-0.05, 0) is 53.4 Å². The van der Waals surface area contributed by atoms with Crippen LogP contribution in [0.25, 0.3) is 0 Å². The summed E-state index contributed by atoms with van der Waals surface area (Å²) in [5, 5.41) is 12.1. The van der Waals surface area contributed by atoms with Crippen molar-refractivity contribution in [2.24, 2.45) is 11.8 Å². The van der Waals surface area contributed by atoms with Crippen molar-refractivity contribution in [3.63, 3.8) is 0 Å². The molecule has 0 aromatic carbocycles. The number of aliphatic hydroxyl groups excluding tert-OH is 1. The molecule has 1 spiro atoms. The van der Waals surface area contributed by atoms with Gasteiger partial charge >= 0.3 is 5.97 Å². The molecule has 2 N–H and O–H groups in total. The molecule has 40 heavy (non-hydrogen) atoms. The fourth-order valence-electron chi connectivity index (χ4n) is 6.18. The number of esters is 1. The van der Waals surface area contributed by atoms with Gasteiger partial charge in [-0.3, -0.25) is 19.2 Å². The topological polar surface area (TPSA) is 125 Å². The Bertz CT molecular complexity index is 999. The van der Waals surface area contributed by atoms with E-state index in [1.54, 1.807) is 28.9 Å². The Morgan fingerprint density at radius 1 is 1.30 bits per heavy atom. The molecule has 1 unspecified atom stereocenters. The molecule has 0 radical (unpaired) electrons. The number of allylic oxidation sites excluding steroid dienone is 1. The minimum atomic E-state index is -1.19. The number of alkyl halides is 1. The number of halogens is 1. The van der Waals surface area contributed by atoms with Gasteiger partial charge in [-0.15, -0.1) is 13.2 Å². The Morgan fingerprint density at radius 3 is 2.60 bits per heavy atom.